The van der Waals surface area contributed by atoms with Gasteiger partial charge in [0, 0.05) is 24.2 Å². The van der Waals surface area contributed by atoms with Gasteiger partial charge in [-0.25, -0.2) is 4.68 Å². The second-order valence-electron chi connectivity index (χ2n) is 4.78. The Labute approximate surface area is 117 Å². The fourth-order valence-corrected chi connectivity index (χ4v) is 2.25. The summed E-state index contributed by atoms with van der Waals surface area (Å²) in [6, 6.07) is 15.2. The average Bonchev–Trinajstić information content (AvgIpc) is 2.99. The molecular formula is C16H15N3O. The number of aromatic nitrogens is 3. The third kappa shape index (κ3) is 2.10. The molecule has 1 unspecified atom stereocenters. The molecule has 0 fully saturated rings. The number of para-hydroxylation sites is 1. The van der Waals surface area contributed by atoms with Gasteiger partial charge < -0.3 is 5.11 Å². The van der Waals surface area contributed by atoms with E-state index in [2.05, 4.69) is 10.1 Å². The zero-order valence-corrected chi connectivity index (χ0v) is 11.1. The summed E-state index contributed by atoms with van der Waals surface area (Å²) in [6.45, 7) is 1.75. The molecule has 0 spiro atoms. The molecule has 0 aliphatic heterocycles. The van der Waals surface area contributed by atoms with E-state index in [4.69, 9.17) is 0 Å². The fraction of sp³-hybridized carbons (Fsp3) is 0.125. The number of nitrogens with zero attached hydrogens (tertiary/aromatic N) is 3. The first-order valence-corrected chi connectivity index (χ1v) is 6.42. The first-order valence-electron chi connectivity index (χ1n) is 6.42. The highest BCUT2D eigenvalue weighted by Gasteiger charge is 2.29. The first kappa shape index (κ1) is 12.6. The van der Waals surface area contributed by atoms with Crippen molar-refractivity contribution < 1.29 is 5.11 Å². The van der Waals surface area contributed by atoms with Crippen molar-refractivity contribution >= 4 is 0 Å². The summed E-state index contributed by atoms with van der Waals surface area (Å²) in [4.78, 5) is 4.07. The second kappa shape index (κ2) is 4.90. The van der Waals surface area contributed by atoms with Crippen LogP contribution in [0.15, 0.2) is 67.1 Å². The lowest BCUT2D eigenvalue weighted by Crippen LogP contribution is -2.26. The minimum absolute atomic E-state index is 0.705. The van der Waals surface area contributed by atoms with E-state index in [-0.39, 0.29) is 0 Å². The van der Waals surface area contributed by atoms with Crippen molar-refractivity contribution in [3.05, 3.63) is 78.4 Å². The minimum atomic E-state index is -1.15. The third-order valence-corrected chi connectivity index (χ3v) is 3.37. The van der Waals surface area contributed by atoms with Crippen LogP contribution in [-0.4, -0.2) is 19.9 Å². The van der Waals surface area contributed by atoms with E-state index in [1.54, 1.807) is 30.2 Å². The van der Waals surface area contributed by atoms with E-state index >= 15 is 0 Å². The van der Waals surface area contributed by atoms with Crippen LogP contribution in [0.2, 0.25) is 0 Å². The van der Waals surface area contributed by atoms with Gasteiger partial charge in [0.05, 0.1) is 11.4 Å². The molecule has 2 aromatic heterocycles. The van der Waals surface area contributed by atoms with Gasteiger partial charge in [0.25, 0.3) is 0 Å². The van der Waals surface area contributed by atoms with Gasteiger partial charge in [-0.2, -0.15) is 5.10 Å². The SMILES string of the molecule is CC(O)(c1cccnc1)c1ccnn1-c1ccccc1. The normalized spacial score (nSPS) is 13.9. The molecule has 0 aliphatic carbocycles. The third-order valence-electron chi connectivity index (χ3n) is 3.37. The van der Waals surface area contributed by atoms with Crippen LogP contribution in [0.4, 0.5) is 0 Å². The Morgan fingerprint density at radius 3 is 2.50 bits per heavy atom. The Balaban J connectivity index is 2.10. The molecule has 3 aromatic rings. The van der Waals surface area contributed by atoms with Gasteiger partial charge in [-0.05, 0) is 31.2 Å². The summed E-state index contributed by atoms with van der Waals surface area (Å²) >= 11 is 0. The highest BCUT2D eigenvalue weighted by atomic mass is 16.3. The maximum Gasteiger partial charge on any atom is 0.130 e. The average molecular weight is 265 g/mol. The zero-order valence-electron chi connectivity index (χ0n) is 11.1. The predicted molar refractivity (Wildman–Crippen MR) is 76.5 cm³/mol. The zero-order chi connectivity index (χ0) is 14.0. The van der Waals surface area contributed by atoms with Crippen LogP contribution in [0.3, 0.4) is 0 Å². The Hall–Kier alpha value is -2.46. The van der Waals surface area contributed by atoms with Crippen LogP contribution in [0.1, 0.15) is 18.2 Å². The standard InChI is InChI=1S/C16H15N3O/c1-16(20,13-6-5-10-17-12-13)15-9-11-18-19(15)14-7-3-2-4-8-14/h2-12,20H,1H3. The highest BCUT2D eigenvalue weighted by Crippen LogP contribution is 2.29. The van der Waals surface area contributed by atoms with Gasteiger partial charge in [-0.3, -0.25) is 4.98 Å². The molecular weight excluding hydrogens is 250 g/mol. The molecule has 4 heteroatoms. The molecule has 20 heavy (non-hydrogen) atoms. The summed E-state index contributed by atoms with van der Waals surface area (Å²) in [6.07, 6.45) is 5.05. The lowest BCUT2D eigenvalue weighted by atomic mass is 9.94. The maximum absolute atomic E-state index is 10.9. The summed E-state index contributed by atoms with van der Waals surface area (Å²) in [5.74, 6) is 0. The molecule has 3 rings (SSSR count). The molecule has 0 aliphatic rings. The lowest BCUT2D eigenvalue weighted by Gasteiger charge is -2.24. The van der Waals surface area contributed by atoms with Gasteiger partial charge in [0.2, 0.25) is 0 Å². The van der Waals surface area contributed by atoms with Crippen molar-refractivity contribution in [3.63, 3.8) is 0 Å². The quantitative estimate of drug-likeness (QED) is 0.791. The minimum Gasteiger partial charge on any atom is -0.379 e. The summed E-state index contributed by atoms with van der Waals surface area (Å²) in [7, 11) is 0. The van der Waals surface area contributed by atoms with Crippen LogP contribution in [0.25, 0.3) is 5.69 Å². The number of hydrogen-bond acceptors (Lipinski definition) is 3. The Morgan fingerprint density at radius 2 is 1.80 bits per heavy atom. The molecule has 1 N–H and O–H groups in total. The van der Waals surface area contributed by atoms with Gasteiger partial charge in [-0.1, -0.05) is 24.3 Å². The van der Waals surface area contributed by atoms with Gasteiger partial charge in [-0.15, -0.1) is 0 Å². The Kier molecular flexibility index (Phi) is 3.08. The van der Waals surface area contributed by atoms with E-state index in [0.29, 0.717) is 5.69 Å². The molecule has 0 bridgehead atoms. The van der Waals surface area contributed by atoms with E-state index < -0.39 is 5.60 Å². The van der Waals surface area contributed by atoms with E-state index in [9.17, 15) is 5.11 Å². The monoisotopic (exact) mass is 265 g/mol. The van der Waals surface area contributed by atoms with Gasteiger partial charge in [0.15, 0.2) is 0 Å². The van der Waals surface area contributed by atoms with Crippen molar-refractivity contribution in [2.24, 2.45) is 0 Å². The van der Waals surface area contributed by atoms with Crippen molar-refractivity contribution in [2.45, 2.75) is 12.5 Å². The van der Waals surface area contributed by atoms with E-state index in [1.807, 2.05) is 48.5 Å². The number of benzene rings is 1. The number of aliphatic hydroxyl groups is 1. The topological polar surface area (TPSA) is 50.9 Å². The van der Waals surface area contributed by atoms with Crippen LogP contribution >= 0.6 is 0 Å². The number of rotatable bonds is 3. The fourth-order valence-electron chi connectivity index (χ4n) is 2.25. The Bertz CT molecular complexity index is 690. The summed E-state index contributed by atoms with van der Waals surface area (Å²) in [5.41, 5.74) is 1.20. The first-order chi connectivity index (χ1) is 9.69. The van der Waals surface area contributed by atoms with Crippen LogP contribution in [0, 0.1) is 0 Å². The second-order valence-corrected chi connectivity index (χ2v) is 4.78. The molecule has 1 atom stereocenters. The van der Waals surface area contributed by atoms with Crippen LogP contribution in [-0.2, 0) is 5.60 Å². The predicted octanol–water partition coefficient (Wildman–Crippen LogP) is 2.52. The van der Waals surface area contributed by atoms with Crippen LogP contribution < -0.4 is 0 Å². The largest absolute Gasteiger partial charge is 0.379 e. The molecule has 4 nitrogen and oxygen atoms in total. The molecule has 2 heterocycles. The van der Waals surface area contributed by atoms with Crippen molar-refractivity contribution in [1.82, 2.24) is 14.8 Å². The lowest BCUT2D eigenvalue weighted by molar-refractivity contribution is 0.0942. The molecule has 0 saturated carbocycles. The maximum atomic E-state index is 10.9. The molecule has 0 amide bonds. The van der Waals surface area contributed by atoms with E-state index in [1.165, 1.54) is 0 Å². The smallest absolute Gasteiger partial charge is 0.130 e. The molecule has 0 saturated heterocycles. The molecule has 100 valence electrons. The van der Waals surface area contributed by atoms with E-state index in [0.717, 1.165) is 11.3 Å². The Morgan fingerprint density at radius 1 is 1.00 bits per heavy atom. The van der Waals surface area contributed by atoms with Gasteiger partial charge >= 0.3 is 0 Å². The summed E-state index contributed by atoms with van der Waals surface area (Å²) < 4.78 is 1.74. The van der Waals surface area contributed by atoms with Crippen molar-refractivity contribution in [1.29, 1.82) is 0 Å². The van der Waals surface area contributed by atoms with Crippen LogP contribution in [0.5, 0.6) is 0 Å². The van der Waals surface area contributed by atoms with Crippen molar-refractivity contribution in [3.8, 4) is 5.69 Å². The summed E-state index contributed by atoms with van der Waals surface area (Å²) in [5, 5.41) is 15.2. The molecule has 1 aromatic carbocycles. The number of pyridine rings is 1. The highest BCUT2D eigenvalue weighted by molar-refractivity contribution is 5.37. The van der Waals surface area contributed by atoms with Gasteiger partial charge in [0.1, 0.15) is 5.60 Å². The van der Waals surface area contributed by atoms with Crippen molar-refractivity contribution in [2.75, 3.05) is 0 Å². The molecule has 0 radical (unpaired) electrons. The number of hydrogen-bond donors (Lipinski definition) is 1.